The summed E-state index contributed by atoms with van der Waals surface area (Å²) in [7, 11) is 1.58. The number of carbonyl (C=O) groups is 2. The molecule has 2 aromatic rings. The first-order chi connectivity index (χ1) is 12.0. The van der Waals surface area contributed by atoms with Gasteiger partial charge in [-0.05, 0) is 43.9 Å². The molecule has 0 spiro atoms. The van der Waals surface area contributed by atoms with Gasteiger partial charge in [0.05, 0.1) is 18.4 Å². The van der Waals surface area contributed by atoms with Crippen molar-refractivity contribution < 1.29 is 14.3 Å². The van der Waals surface area contributed by atoms with E-state index in [1.54, 1.807) is 14.0 Å². The van der Waals surface area contributed by atoms with Crippen LogP contribution in [0, 0.1) is 0 Å². The van der Waals surface area contributed by atoms with Crippen LogP contribution in [0.1, 0.15) is 34.1 Å². The van der Waals surface area contributed by atoms with E-state index in [1.807, 2.05) is 24.3 Å². The van der Waals surface area contributed by atoms with E-state index in [4.69, 9.17) is 10.5 Å². The first-order valence-electron chi connectivity index (χ1n) is 8.16. The summed E-state index contributed by atoms with van der Waals surface area (Å²) in [5, 5.41) is 6.54. The number of methoxy groups -OCH3 is 1. The fourth-order valence-corrected chi connectivity index (χ4v) is 4.33. The monoisotopic (exact) mass is 359 g/mol. The number of primary amides is 1. The molecule has 0 saturated heterocycles. The van der Waals surface area contributed by atoms with E-state index >= 15 is 0 Å². The smallest absolute Gasteiger partial charge is 0.251 e. The lowest BCUT2D eigenvalue weighted by molar-refractivity contribution is -0.116. The molecule has 1 heterocycles. The average Bonchev–Trinajstić information content (AvgIpc) is 3.15. The van der Waals surface area contributed by atoms with Crippen molar-refractivity contribution in [3.8, 4) is 5.75 Å². The number of benzene rings is 1. The zero-order valence-corrected chi connectivity index (χ0v) is 15.0. The molecule has 132 valence electrons. The van der Waals surface area contributed by atoms with Crippen molar-refractivity contribution in [2.24, 2.45) is 5.73 Å². The number of nitrogens with one attached hydrogen (secondary N) is 2. The van der Waals surface area contributed by atoms with E-state index < -0.39 is 11.9 Å². The number of rotatable bonds is 6. The Labute approximate surface area is 150 Å². The molecular formula is C18H21N3O3S. The molecule has 25 heavy (non-hydrogen) atoms. The number of amides is 2. The third-order valence-corrected chi connectivity index (χ3v) is 5.48. The minimum absolute atomic E-state index is 0.228. The van der Waals surface area contributed by atoms with Crippen LogP contribution in [0.5, 0.6) is 5.75 Å². The minimum Gasteiger partial charge on any atom is -0.495 e. The Morgan fingerprint density at radius 3 is 2.76 bits per heavy atom. The predicted octanol–water partition coefficient (Wildman–Crippen LogP) is 2.78. The molecule has 4 N–H and O–H groups in total. The van der Waals surface area contributed by atoms with Crippen LogP contribution in [0.2, 0.25) is 0 Å². The summed E-state index contributed by atoms with van der Waals surface area (Å²) in [5.74, 6) is -0.0524. The Kier molecular flexibility index (Phi) is 4.94. The van der Waals surface area contributed by atoms with Gasteiger partial charge in [-0.15, -0.1) is 11.3 Å². The highest BCUT2D eigenvalue weighted by molar-refractivity contribution is 7.17. The first kappa shape index (κ1) is 17.3. The van der Waals surface area contributed by atoms with Crippen molar-refractivity contribution in [3.63, 3.8) is 0 Å². The largest absolute Gasteiger partial charge is 0.495 e. The van der Waals surface area contributed by atoms with Gasteiger partial charge < -0.3 is 21.1 Å². The van der Waals surface area contributed by atoms with Crippen LogP contribution in [-0.4, -0.2) is 25.0 Å². The van der Waals surface area contributed by atoms with Crippen LogP contribution >= 0.6 is 11.3 Å². The molecule has 1 aliphatic rings. The Balaban J connectivity index is 1.75. The lowest BCUT2D eigenvalue weighted by atomic mass is 10.1. The minimum atomic E-state index is -0.506. The van der Waals surface area contributed by atoms with Crippen molar-refractivity contribution in [2.45, 2.75) is 32.2 Å². The van der Waals surface area contributed by atoms with Crippen LogP contribution < -0.4 is 21.1 Å². The highest BCUT2D eigenvalue weighted by Gasteiger charge is 2.27. The number of fused-ring (bicyclic) bond motifs is 1. The molecule has 0 bridgehead atoms. The van der Waals surface area contributed by atoms with Gasteiger partial charge in [0.25, 0.3) is 5.91 Å². The highest BCUT2D eigenvalue weighted by Crippen LogP contribution is 2.39. The Bertz CT molecular complexity index is 816. The number of nitrogens with two attached hydrogens (primary N) is 1. The third kappa shape index (κ3) is 3.46. The number of thiophene rings is 1. The van der Waals surface area contributed by atoms with E-state index in [0.29, 0.717) is 16.3 Å². The second kappa shape index (κ2) is 7.14. The standard InChI is InChI=1S/C18H21N3O3S/c1-10(20-12-7-3-4-8-13(12)24-2)17(23)21-18-15(16(19)22)11-6-5-9-14(11)25-18/h3-4,7-8,10,20H,5-6,9H2,1-2H3,(H2,19,22)(H,21,23)/t10-/m1/s1. The second-order valence-electron chi connectivity index (χ2n) is 5.98. The molecule has 0 unspecified atom stereocenters. The van der Waals surface area contributed by atoms with Crippen molar-refractivity contribution in [1.29, 1.82) is 0 Å². The van der Waals surface area contributed by atoms with Gasteiger partial charge in [-0.25, -0.2) is 0 Å². The number of carbonyl (C=O) groups excluding carboxylic acids is 2. The number of hydrogen-bond donors (Lipinski definition) is 3. The molecule has 0 radical (unpaired) electrons. The number of hydrogen-bond acceptors (Lipinski definition) is 5. The summed E-state index contributed by atoms with van der Waals surface area (Å²) in [6.07, 6.45) is 2.81. The average molecular weight is 359 g/mol. The maximum atomic E-state index is 12.6. The Morgan fingerprint density at radius 1 is 1.28 bits per heavy atom. The maximum Gasteiger partial charge on any atom is 0.251 e. The fourth-order valence-electron chi connectivity index (χ4n) is 3.04. The highest BCUT2D eigenvalue weighted by atomic mass is 32.1. The molecule has 3 rings (SSSR count). The normalized spacial score (nSPS) is 13.8. The van der Waals surface area contributed by atoms with E-state index in [-0.39, 0.29) is 5.91 Å². The predicted molar refractivity (Wildman–Crippen MR) is 99.6 cm³/mol. The number of anilines is 2. The molecule has 1 atom stereocenters. The quantitative estimate of drug-likeness (QED) is 0.739. The van der Waals surface area contributed by atoms with Crippen LogP contribution in [0.25, 0.3) is 0 Å². The molecule has 1 aromatic heterocycles. The topological polar surface area (TPSA) is 93.4 Å². The maximum absolute atomic E-state index is 12.6. The Morgan fingerprint density at radius 2 is 2.04 bits per heavy atom. The fraction of sp³-hybridized carbons (Fsp3) is 0.333. The molecule has 1 aliphatic carbocycles. The summed E-state index contributed by atoms with van der Waals surface area (Å²) in [5.41, 5.74) is 7.73. The number of para-hydroxylation sites is 2. The molecule has 1 aromatic carbocycles. The summed E-state index contributed by atoms with van der Waals surface area (Å²) in [6, 6.07) is 6.89. The zero-order valence-electron chi connectivity index (χ0n) is 14.2. The van der Waals surface area contributed by atoms with E-state index in [0.717, 1.165) is 35.4 Å². The van der Waals surface area contributed by atoms with Crippen molar-refractivity contribution in [3.05, 3.63) is 40.3 Å². The van der Waals surface area contributed by atoms with Gasteiger partial charge in [0, 0.05) is 4.88 Å². The van der Waals surface area contributed by atoms with Crippen LogP contribution in [0.4, 0.5) is 10.7 Å². The van der Waals surface area contributed by atoms with Crippen molar-refractivity contribution in [1.82, 2.24) is 0 Å². The zero-order chi connectivity index (χ0) is 18.0. The summed E-state index contributed by atoms with van der Waals surface area (Å²) >= 11 is 1.45. The van der Waals surface area contributed by atoms with E-state index in [1.165, 1.54) is 11.3 Å². The molecule has 0 fully saturated rings. The van der Waals surface area contributed by atoms with Gasteiger partial charge in [0.15, 0.2) is 0 Å². The van der Waals surface area contributed by atoms with Crippen molar-refractivity contribution >= 4 is 33.8 Å². The van der Waals surface area contributed by atoms with Crippen molar-refractivity contribution in [2.75, 3.05) is 17.7 Å². The SMILES string of the molecule is COc1ccccc1N[C@H](C)C(=O)Nc1sc2c(c1C(N)=O)CCC2. The molecule has 7 heteroatoms. The Hall–Kier alpha value is -2.54. The second-order valence-corrected chi connectivity index (χ2v) is 7.09. The number of ether oxygens (including phenoxy) is 1. The molecule has 0 aliphatic heterocycles. The molecule has 6 nitrogen and oxygen atoms in total. The summed E-state index contributed by atoms with van der Waals surface area (Å²) in [6.45, 7) is 1.76. The van der Waals surface area contributed by atoms with Gasteiger partial charge in [0.2, 0.25) is 5.91 Å². The molecule has 2 amide bonds. The summed E-state index contributed by atoms with van der Waals surface area (Å²) in [4.78, 5) is 25.5. The van der Waals surface area contributed by atoms with Gasteiger partial charge >= 0.3 is 0 Å². The van der Waals surface area contributed by atoms with E-state index in [2.05, 4.69) is 10.6 Å². The van der Waals surface area contributed by atoms with E-state index in [9.17, 15) is 9.59 Å². The first-order valence-corrected chi connectivity index (χ1v) is 8.97. The summed E-state index contributed by atoms with van der Waals surface area (Å²) < 4.78 is 5.28. The molecule has 0 saturated carbocycles. The lowest BCUT2D eigenvalue weighted by Gasteiger charge is -2.17. The van der Waals surface area contributed by atoms with Gasteiger partial charge in [-0.1, -0.05) is 12.1 Å². The number of aryl methyl sites for hydroxylation is 1. The molecular weight excluding hydrogens is 338 g/mol. The van der Waals surface area contributed by atoms with Gasteiger partial charge in [-0.3, -0.25) is 9.59 Å². The van der Waals surface area contributed by atoms with Gasteiger partial charge in [0.1, 0.15) is 16.8 Å². The van der Waals surface area contributed by atoms with Crippen LogP contribution in [0.3, 0.4) is 0 Å². The van der Waals surface area contributed by atoms with Crippen LogP contribution in [-0.2, 0) is 17.6 Å². The van der Waals surface area contributed by atoms with Crippen LogP contribution in [0.15, 0.2) is 24.3 Å². The lowest BCUT2D eigenvalue weighted by Crippen LogP contribution is -2.32. The van der Waals surface area contributed by atoms with Gasteiger partial charge in [-0.2, -0.15) is 0 Å². The third-order valence-electron chi connectivity index (χ3n) is 4.28.